The number of hydrogen-bond acceptors (Lipinski definition) is 2. The first-order chi connectivity index (χ1) is 10.1. The Kier molecular flexibility index (Phi) is 5.40. The third-order valence-electron chi connectivity index (χ3n) is 3.85. The second kappa shape index (κ2) is 7.28. The maximum Gasteiger partial charge on any atom is 0.119 e. The van der Waals surface area contributed by atoms with E-state index in [1.54, 1.807) is 7.11 Å². The van der Waals surface area contributed by atoms with Crippen LogP contribution in [-0.2, 0) is 0 Å². The Labute approximate surface area is 128 Å². The van der Waals surface area contributed by atoms with Crippen LogP contribution in [0.25, 0.3) is 0 Å². The van der Waals surface area contributed by atoms with Crippen molar-refractivity contribution in [2.75, 3.05) is 7.11 Å². The Bertz CT molecular complexity index is 551. The van der Waals surface area contributed by atoms with Crippen molar-refractivity contribution >= 4 is 0 Å². The van der Waals surface area contributed by atoms with E-state index in [9.17, 15) is 0 Å². The van der Waals surface area contributed by atoms with Crippen molar-refractivity contribution in [1.82, 2.24) is 5.32 Å². The molecule has 2 aromatic carbocycles. The lowest BCUT2D eigenvalue weighted by atomic mass is 9.94. The van der Waals surface area contributed by atoms with Crippen molar-refractivity contribution in [3.63, 3.8) is 0 Å². The summed E-state index contributed by atoms with van der Waals surface area (Å²) in [5, 5.41) is 3.74. The van der Waals surface area contributed by atoms with E-state index in [1.165, 1.54) is 11.1 Å². The highest BCUT2D eigenvalue weighted by atomic mass is 16.5. The molecule has 0 heterocycles. The summed E-state index contributed by atoms with van der Waals surface area (Å²) in [7, 11) is 1.71. The first kappa shape index (κ1) is 15.6. The van der Waals surface area contributed by atoms with Crippen LogP contribution in [-0.4, -0.2) is 7.11 Å². The molecule has 0 bridgehead atoms. The van der Waals surface area contributed by atoms with Gasteiger partial charge in [0.15, 0.2) is 0 Å². The normalized spacial score (nSPS) is 14.0. The van der Waals surface area contributed by atoms with E-state index in [0.29, 0.717) is 12.0 Å². The van der Waals surface area contributed by atoms with E-state index in [1.807, 2.05) is 12.1 Å². The van der Waals surface area contributed by atoms with E-state index in [0.717, 1.165) is 5.75 Å². The van der Waals surface area contributed by atoms with Crippen LogP contribution in [0.2, 0.25) is 0 Å². The quantitative estimate of drug-likeness (QED) is 0.826. The molecule has 0 aromatic heterocycles. The van der Waals surface area contributed by atoms with Crippen LogP contribution in [0, 0.1) is 5.92 Å². The van der Waals surface area contributed by atoms with Gasteiger partial charge >= 0.3 is 0 Å². The highest BCUT2D eigenvalue weighted by Crippen LogP contribution is 2.26. The van der Waals surface area contributed by atoms with E-state index in [2.05, 4.69) is 68.6 Å². The van der Waals surface area contributed by atoms with E-state index < -0.39 is 0 Å². The number of rotatable bonds is 6. The van der Waals surface area contributed by atoms with Gasteiger partial charge < -0.3 is 10.1 Å². The van der Waals surface area contributed by atoms with Crippen molar-refractivity contribution in [1.29, 1.82) is 0 Å². The van der Waals surface area contributed by atoms with Crippen LogP contribution in [0.1, 0.15) is 44.0 Å². The van der Waals surface area contributed by atoms with Gasteiger partial charge in [-0.3, -0.25) is 0 Å². The second-order valence-electron chi connectivity index (χ2n) is 5.80. The summed E-state index contributed by atoms with van der Waals surface area (Å²) in [6.45, 7) is 6.71. The zero-order chi connectivity index (χ0) is 15.2. The monoisotopic (exact) mass is 283 g/mol. The predicted molar refractivity (Wildman–Crippen MR) is 88.6 cm³/mol. The fourth-order valence-electron chi connectivity index (χ4n) is 2.61. The minimum atomic E-state index is 0.271. The Balaban J connectivity index is 2.16. The summed E-state index contributed by atoms with van der Waals surface area (Å²) in [4.78, 5) is 0. The molecular formula is C19H25NO. The van der Waals surface area contributed by atoms with Crippen LogP contribution in [0.4, 0.5) is 0 Å². The molecule has 2 nitrogen and oxygen atoms in total. The Morgan fingerprint density at radius 1 is 0.857 bits per heavy atom. The molecule has 0 fully saturated rings. The topological polar surface area (TPSA) is 21.3 Å². The maximum absolute atomic E-state index is 5.31. The summed E-state index contributed by atoms with van der Waals surface area (Å²) in [6, 6.07) is 19.5. The van der Waals surface area contributed by atoms with E-state index in [-0.39, 0.29) is 6.04 Å². The summed E-state index contributed by atoms with van der Waals surface area (Å²) in [5.41, 5.74) is 2.58. The number of ether oxygens (including phenoxy) is 1. The largest absolute Gasteiger partial charge is 0.497 e. The molecular weight excluding hydrogens is 258 g/mol. The minimum absolute atomic E-state index is 0.271. The van der Waals surface area contributed by atoms with Crippen molar-refractivity contribution in [3.8, 4) is 5.75 Å². The number of hydrogen-bond donors (Lipinski definition) is 1. The predicted octanol–water partition coefficient (Wildman–Crippen LogP) is 4.74. The molecule has 0 radical (unpaired) electrons. The van der Waals surface area contributed by atoms with Crippen molar-refractivity contribution in [3.05, 3.63) is 65.7 Å². The Morgan fingerprint density at radius 3 is 2.14 bits per heavy atom. The molecule has 112 valence electrons. The van der Waals surface area contributed by atoms with Crippen LogP contribution in [0.5, 0.6) is 5.75 Å². The molecule has 0 spiro atoms. The van der Waals surface area contributed by atoms with Gasteiger partial charge in [-0.25, -0.2) is 0 Å². The first-order valence-corrected chi connectivity index (χ1v) is 7.56. The standard InChI is InChI=1S/C19H25NO/c1-14(2)19(16-9-6-5-7-10-16)20-15(3)17-11-8-12-18(13-17)21-4/h5-15,19-20H,1-4H3/t15-,19+/m1/s1. The van der Waals surface area contributed by atoms with Crippen molar-refractivity contribution in [2.45, 2.75) is 32.9 Å². The van der Waals surface area contributed by atoms with Gasteiger partial charge in [-0.05, 0) is 36.1 Å². The molecule has 0 saturated heterocycles. The van der Waals surface area contributed by atoms with Gasteiger partial charge in [-0.15, -0.1) is 0 Å². The summed E-state index contributed by atoms with van der Waals surface area (Å²) < 4.78 is 5.31. The molecule has 2 heteroatoms. The average Bonchev–Trinajstić information content (AvgIpc) is 2.53. The van der Waals surface area contributed by atoms with Crippen molar-refractivity contribution in [2.24, 2.45) is 5.92 Å². The summed E-state index contributed by atoms with van der Waals surface area (Å²) in [5.74, 6) is 1.43. The van der Waals surface area contributed by atoms with Gasteiger partial charge in [0.05, 0.1) is 7.11 Å². The second-order valence-corrected chi connectivity index (χ2v) is 5.80. The van der Waals surface area contributed by atoms with Gasteiger partial charge in [0.2, 0.25) is 0 Å². The molecule has 2 rings (SSSR count). The van der Waals surface area contributed by atoms with Crippen LogP contribution < -0.4 is 10.1 Å². The minimum Gasteiger partial charge on any atom is -0.497 e. The maximum atomic E-state index is 5.31. The number of methoxy groups -OCH3 is 1. The van der Waals surface area contributed by atoms with E-state index >= 15 is 0 Å². The van der Waals surface area contributed by atoms with Crippen LogP contribution in [0.3, 0.4) is 0 Å². The van der Waals surface area contributed by atoms with Gasteiger partial charge in [-0.2, -0.15) is 0 Å². The third-order valence-corrected chi connectivity index (χ3v) is 3.85. The smallest absolute Gasteiger partial charge is 0.119 e. The number of nitrogens with one attached hydrogen (secondary N) is 1. The van der Waals surface area contributed by atoms with Crippen LogP contribution >= 0.6 is 0 Å². The van der Waals surface area contributed by atoms with Gasteiger partial charge in [-0.1, -0.05) is 56.3 Å². The molecule has 2 aromatic rings. The van der Waals surface area contributed by atoms with Gasteiger partial charge in [0.25, 0.3) is 0 Å². The molecule has 0 aliphatic heterocycles. The molecule has 0 saturated carbocycles. The fourth-order valence-corrected chi connectivity index (χ4v) is 2.61. The van der Waals surface area contributed by atoms with Gasteiger partial charge in [0.1, 0.15) is 5.75 Å². The molecule has 1 N–H and O–H groups in total. The molecule has 21 heavy (non-hydrogen) atoms. The highest BCUT2D eigenvalue weighted by molar-refractivity contribution is 5.30. The Morgan fingerprint density at radius 2 is 1.52 bits per heavy atom. The molecule has 0 amide bonds. The molecule has 0 unspecified atom stereocenters. The SMILES string of the molecule is COc1cccc([C@@H](C)N[C@H](c2ccccc2)C(C)C)c1. The fraction of sp³-hybridized carbons (Fsp3) is 0.368. The lowest BCUT2D eigenvalue weighted by Gasteiger charge is -2.27. The molecule has 2 atom stereocenters. The summed E-state index contributed by atoms with van der Waals surface area (Å²) in [6.07, 6.45) is 0. The highest BCUT2D eigenvalue weighted by Gasteiger charge is 2.18. The van der Waals surface area contributed by atoms with Gasteiger partial charge in [0, 0.05) is 12.1 Å². The van der Waals surface area contributed by atoms with E-state index in [4.69, 9.17) is 4.74 Å². The lowest BCUT2D eigenvalue weighted by molar-refractivity contribution is 0.372. The zero-order valence-corrected chi connectivity index (χ0v) is 13.3. The molecule has 0 aliphatic rings. The lowest BCUT2D eigenvalue weighted by Crippen LogP contribution is -2.28. The third kappa shape index (κ3) is 4.08. The number of benzene rings is 2. The first-order valence-electron chi connectivity index (χ1n) is 7.56. The van der Waals surface area contributed by atoms with Crippen molar-refractivity contribution < 1.29 is 4.74 Å². The Hall–Kier alpha value is -1.80. The van der Waals surface area contributed by atoms with Crippen LogP contribution in [0.15, 0.2) is 54.6 Å². The average molecular weight is 283 g/mol. The zero-order valence-electron chi connectivity index (χ0n) is 13.3. The molecule has 0 aliphatic carbocycles. The summed E-state index contributed by atoms with van der Waals surface area (Å²) >= 11 is 0.